The predicted molar refractivity (Wildman–Crippen MR) is 68.8 cm³/mol. The van der Waals surface area contributed by atoms with Crippen molar-refractivity contribution in [1.29, 1.82) is 0 Å². The van der Waals surface area contributed by atoms with Gasteiger partial charge in [0.1, 0.15) is 5.60 Å². The molecule has 0 radical (unpaired) electrons. The number of amides is 1. The first-order chi connectivity index (χ1) is 8.33. The van der Waals surface area contributed by atoms with Crippen LogP contribution in [0.4, 0.5) is 17.7 Å². The van der Waals surface area contributed by atoms with E-state index in [1.165, 1.54) is 6.08 Å². The predicted octanol–water partition coefficient (Wildman–Crippen LogP) is 0.723. The van der Waals surface area contributed by atoms with Crippen molar-refractivity contribution in [2.45, 2.75) is 52.2 Å². The average Bonchev–Trinajstić information content (AvgIpc) is 2.11. The molecule has 8 heteroatoms. The van der Waals surface area contributed by atoms with Crippen molar-refractivity contribution in [2.75, 3.05) is 6.54 Å². The van der Waals surface area contributed by atoms with Crippen LogP contribution >= 0.6 is 0 Å². The van der Waals surface area contributed by atoms with Gasteiger partial charge in [-0.1, -0.05) is 0 Å². The maximum atomic E-state index is 12.8. The maximum absolute atomic E-state index is 12.8. The number of carbonyl (C=O) groups excluding carboxylic acids is 1. The summed E-state index contributed by atoms with van der Waals surface area (Å²) < 4.78 is 43.5. The molecule has 1 aliphatic heterocycles. The van der Waals surface area contributed by atoms with E-state index in [9.17, 15) is 17.7 Å². The minimum atomic E-state index is -5.06. The first-order valence-electron chi connectivity index (χ1n) is 6.22. The van der Waals surface area contributed by atoms with Crippen molar-refractivity contribution >= 4 is 13.1 Å². The molecule has 20 heavy (non-hydrogen) atoms. The molecule has 0 saturated carbocycles. The van der Waals surface area contributed by atoms with E-state index in [1.807, 2.05) is 0 Å². The van der Waals surface area contributed by atoms with Crippen molar-refractivity contribution in [3.05, 3.63) is 11.5 Å². The van der Waals surface area contributed by atoms with Gasteiger partial charge < -0.3 is 22.6 Å². The summed E-state index contributed by atoms with van der Waals surface area (Å²) in [4.78, 5) is 13.2. The molecule has 0 aliphatic carbocycles. The van der Waals surface area contributed by atoms with Gasteiger partial charge in [0, 0.05) is 12.1 Å². The molecule has 0 spiro atoms. The molecule has 0 aromatic heterocycles. The van der Waals surface area contributed by atoms with Crippen LogP contribution in [-0.4, -0.2) is 35.7 Å². The van der Waals surface area contributed by atoms with Crippen molar-refractivity contribution in [3.8, 4) is 0 Å². The minimum Gasteiger partial charge on any atom is -0.445 e. The molecule has 0 atom stereocenters. The quantitative estimate of drug-likeness (QED) is 0.667. The SMILES string of the molecule is CC(C)(C)OC(=O)N1CC([B-](F)(F)F)=CCC1(C)C.[K+]. The topological polar surface area (TPSA) is 29.5 Å². The summed E-state index contributed by atoms with van der Waals surface area (Å²) >= 11 is 0. The molecule has 0 aromatic rings. The number of carbonyl (C=O) groups is 1. The Morgan fingerprint density at radius 3 is 2.25 bits per heavy atom. The van der Waals surface area contributed by atoms with Crippen molar-refractivity contribution in [3.63, 3.8) is 0 Å². The molecule has 1 rings (SSSR count). The molecular formula is C12H20BF3KNO2. The van der Waals surface area contributed by atoms with Crippen LogP contribution in [0.3, 0.4) is 0 Å². The van der Waals surface area contributed by atoms with E-state index in [2.05, 4.69) is 0 Å². The number of ether oxygens (including phenoxy) is 1. The third-order valence-electron chi connectivity index (χ3n) is 2.97. The summed E-state index contributed by atoms with van der Waals surface area (Å²) in [6, 6.07) is 0. The Morgan fingerprint density at radius 1 is 1.35 bits per heavy atom. The van der Waals surface area contributed by atoms with Crippen molar-refractivity contribution in [1.82, 2.24) is 4.90 Å². The molecular weight excluding hydrogens is 297 g/mol. The van der Waals surface area contributed by atoms with Gasteiger partial charge in [0.2, 0.25) is 0 Å². The van der Waals surface area contributed by atoms with E-state index in [-0.39, 0.29) is 57.8 Å². The minimum absolute atomic E-state index is 0. The Balaban J connectivity index is 0.00000361. The molecule has 1 aliphatic rings. The van der Waals surface area contributed by atoms with E-state index < -0.39 is 36.2 Å². The number of hydrogen-bond acceptors (Lipinski definition) is 2. The first-order valence-corrected chi connectivity index (χ1v) is 6.22. The molecule has 1 amide bonds. The van der Waals surface area contributed by atoms with E-state index in [4.69, 9.17) is 4.74 Å². The summed E-state index contributed by atoms with van der Waals surface area (Å²) in [6.07, 6.45) is 0.645. The number of halogens is 3. The monoisotopic (exact) mass is 317 g/mol. The largest absolute Gasteiger partial charge is 1.00 e. The Labute approximate surface area is 160 Å². The molecule has 0 bridgehead atoms. The second-order valence-electron chi connectivity index (χ2n) is 6.44. The van der Waals surface area contributed by atoms with Crippen molar-refractivity contribution < 1.29 is 73.9 Å². The Bertz CT molecular complexity index is 402. The first kappa shape index (κ1) is 20.5. The average molecular weight is 317 g/mol. The molecule has 110 valence electrons. The van der Waals surface area contributed by atoms with Crippen LogP contribution in [0.2, 0.25) is 0 Å². The summed E-state index contributed by atoms with van der Waals surface area (Å²) in [5.41, 5.74) is -2.03. The van der Waals surface area contributed by atoms with Crippen LogP contribution in [0.15, 0.2) is 11.5 Å². The van der Waals surface area contributed by atoms with Gasteiger partial charge >= 0.3 is 64.5 Å². The molecule has 0 fully saturated rings. The summed E-state index contributed by atoms with van der Waals surface area (Å²) in [5, 5.41) is 0. The Kier molecular flexibility index (Phi) is 6.90. The normalized spacial score (nSPS) is 19.0. The van der Waals surface area contributed by atoms with Gasteiger partial charge in [-0.05, 0) is 41.0 Å². The van der Waals surface area contributed by atoms with Gasteiger partial charge in [0.05, 0.1) is 0 Å². The van der Waals surface area contributed by atoms with E-state index in [1.54, 1.807) is 34.6 Å². The van der Waals surface area contributed by atoms with Crippen LogP contribution in [0, 0.1) is 0 Å². The third kappa shape index (κ3) is 5.71. The third-order valence-corrected chi connectivity index (χ3v) is 2.97. The summed E-state index contributed by atoms with van der Waals surface area (Å²) in [6.45, 7) is 3.02. The summed E-state index contributed by atoms with van der Waals surface area (Å²) in [5.74, 6) is 0. The standard InChI is InChI=1S/C12H20BF3NO2.K/c1-11(2,3)19-10(18)17-8-9(13(14,15)16)6-7-12(17,4)5;/h6H,7-8H2,1-5H3;/q-1;+1. The fourth-order valence-electron chi connectivity index (χ4n) is 1.82. The number of hydrogen-bond donors (Lipinski definition) is 0. The smallest absolute Gasteiger partial charge is 0.445 e. The second kappa shape index (κ2) is 6.73. The van der Waals surface area contributed by atoms with Gasteiger partial charge in [0.25, 0.3) is 0 Å². The molecule has 0 aromatic carbocycles. The van der Waals surface area contributed by atoms with Gasteiger partial charge in [-0.3, -0.25) is 0 Å². The molecule has 0 N–H and O–H groups in total. The molecule has 3 nitrogen and oxygen atoms in total. The van der Waals surface area contributed by atoms with E-state index >= 15 is 0 Å². The Morgan fingerprint density at radius 2 is 1.85 bits per heavy atom. The van der Waals surface area contributed by atoms with Gasteiger partial charge in [-0.15, -0.1) is 11.5 Å². The van der Waals surface area contributed by atoms with Crippen LogP contribution < -0.4 is 51.4 Å². The van der Waals surface area contributed by atoms with Gasteiger partial charge in [-0.2, -0.15) is 0 Å². The van der Waals surface area contributed by atoms with Gasteiger partial charge in [0.15, 0.2) is 0 Å². The summed E-state index contributed by atoms with van der Waals surface area (Å²) in [7, 11) is 0. The van der Waals surface area contributed by atoms with Crippen LogP contribution in [0.5, 0.6) is 0 Å². The van der Waals surface area contributed by atoms with Crippen LogP contribution in [-0.2, 0) is 4.74 Å². The van der Waals surface area contributed by atoms with E-state index in [0.717, 1.165) is 4.90 Å². The zero-order valence-corrected chi connectivity index (χ0v) is 16.1. The number of rotatable bonds is 1. The fourth-order valence-corrected chi connectivity index (χ4v) is 1.82. The zero-order valence-electron chi connectivity index (χ0n) is 13.0. The van der Waals surface area contributed by atoms with Crippen LogP contribution in [0.1, 0.15) is 41.0 Å². The molecule has 1 heterocycles. The molecule has 0 unspecified atom stereocenters. The second-order valence-corrected chi connectivity index (χ2v) is 6.44. The zero-order chi connectivity index (χ0) is 15.1. The van der Waals surface area contributed by atoms with Crippen LogP contribution in [0.25, 0.3) is 0 Å². The fraction of sp³-hybridized carbons (Fsp3) is 0.750. The van der Waals surface area contributed by atoms with Gasteiger partial charge in [-0.25, -0.2) is 4.79 Å². The van der Waals surface area contributed by atoms with E-state index in [0.29, 0.717) is 0 Å². The maximum Gasteiger partial charge on any atom is 1.00 e. The Hall–Kier alpha value is 0.501. The molecule has 0 saturated heterocycles. The van der Waals surface area contributed by atoms with Crippen molar-refractivity contribution in [2.24, 2.45) is 0 Å². The number of nitrogens with zero attached hydrogens (tertiary/aromatic N) is 1.